The molecule has 9 heteroatoms. The second kappa shape index (κ2) is 12.4. The summed E-state index contributed by atoms with van der Waals surface area (Å²) >= 11 is 0. The third-order valence-electron chi connectivity index (χ3n) is 5.21. The van der Waals surface area contributed by atoms with Crippen LogP contribution in [0.5, 0.6) is 0 Å². The second-order valence-electron chi connectivity index (χ2n) is 7.71. The predicted molar refractivity (Wildman–Crippen MR) is 122 cm³/mol. The number of ether oxygens (including phenoxy) is 1. The van der Waals surface area contributed by atoms with Crippen molar-refractivity contribution in [3.05, 3.63) is 83.7 Å². The molecule has 9 nitrogen and oxygen atoms in total. The summed E-state index contributed by atoms with van der Waals surface area (Å²) in [7, 11) is 0. The van der Waals surface area contributed by atoms with E-state index in [0.29, 0.717) is 31.5 Å². The Morgan fingerprint density at radius 1 is 1.03 bits per heavy atom. The average Bonchev–Trinajstić information content (AvgIpc) is 3.31. The molecule has 2 atom stereocenters. The van der Waals surface area contributed by atoms with Crippen LogP contribution >= 0.6 is 0 Å². The van der Waals surface area contributed by atoms with Crippen LogP contribution in [0.25, 0.3) is 0 Å². The predicted octanol–water partition coefficient (Wildman–Crippen LogP) is 3.24. The highest BCUT2D eigenvalue weighted by molar-refractivity contribution is 5.71. The maximum Gasteiger partial charge on any atom is 0.408 e. The van der Waals surface area contributed by atoms with Crippen LogP contribution in [-0.2, 0) is 22.6 Å². The monoisotopic (exact) mass is 451 g/mol. The van der Waals surface area contributed by atoms with Gasteiger partial charge in [0.05, 0.1) is 12.2 Å². The average molecular weight is 452 g/mol. The van der Waals surface area contributed by atoms with Gasteiger partial charge in [-0.15, -0.1) is 5.10 Å². The Labute approximate surface area is 192 Å². The minimum atomic E-state index is -0.988. The molecule has 1 heterocycles. The Morgan fingerprint density at radius 2 is 1.70 bits per heavy atom. The number of unbranched alkanes of at least 4 members (excludes halogenated alkanes) is 1. The fourth-order valence-electron chi connectivity index (χ4n) is 3.44. The van der Waals surface area contributed by atoms with Crippen LogP contribution in [0.4, 0.5) is 4.79 Å². The summed E-state index contributed by atoms with van der Waals surface area (Å²) in [4.78, 5) is 24.3. The van der Waals surface area contributed by atoms with Gasteiger partial charge in [0.25, 0.3) is 0 Å². The molecule has 0 saturated carbocycles. The van der Waals surface area contributed by atoms with Crippen LogP contribution < -0.4 is 11.1 Å². The lowest BCUT2D eigenvalue weighted by Crippen LogP contribution is -2.30. The Hall–Kier alpha value is -3.72. The zero-order chi connectivity index (χ0) is 23.5. The van der Waals surface area contributed by atoms with Crippen LogP contribution in [0, 0.1) is 0 Å². The molecule has 0 bridgehead atoms. The van der Waals surface area contributed by atoms with Crippen LogP contribution in [0.3, 0.4) is 0 Å². The number of hydrogen-bond acceptors (Lipinski definition) is 6. The number of nitrogens with zero attached hydrogens (tertiary/aromatic N) is 3. The minimum absolute atomic E-state index is 0.139. The van der Waals surface area contributed by atoms with E-state index in [1.165, 1.54) is 4.68 Å². The number of nitrogens with one attached hydrogen (secondary N) is 1. The molecule has 1 aromatic heterocycles. The highest BCUT2D eigenvalue weighted by Crippen LogP contribution is 2.20. The molecule has 174 valence electrons. The molecule has 0 fully saturated rings. The quantitative estimate of drug-likeness (QED) is 0.360. The number of carbonyl (C=O) groups is 2. The summed E-state index contributed by atoms with van der Waals surface area (Å²) in [5, 5.41) is 20.7. The minimum Gasteiger partial charge on any atom is -0.480 e. The number of benzene rings is 2. The summed E-state index contributed by atoms with van der Waals surface area (Å²) in [6.07, 6.45) is 3.23. The molecule has 0 spiro atoms. The Morgan fingerprint density at radius 3 is 2.33 bits per heavy atom. The van der Waals surface area contributed by atoms with Gasteiger partial charge in [0.2, 0.25) is 0 Å². The van der Waals surface area contributed by atoms with Crippen molar-refractivity contribution in [2.75, 3.05) is 6.54 Å². The van der Waals surface area contributed by atoms with E-state index in [2.05, 4.69) is 15.6 Å². The molecule has 1 amide bonds. The molecule has 0 unspecified atom stereocenters. The first kappa shape index (κ1) is 23.9. The molecule has 33 heavy (non-hydrogen) atoms. The third-order valence-corrected chi connectivity index (χ3v) is 5.21. The zero-order valence-corrected chi connectivity index (χ0v) is 18.3. The van der Waals surface area contributed by atoms with Gasteiger partial charge < -0.3 is 20.9 Å². The normalized spacial score (nSPS) is 12.6. The number of amides is 1. The van der Waals surface area contributed by atoms with Crippen molar-refractivity contribution < 1.29 is 19.4 Å². The lowest BCUT2D eigenvalue weighted by molar-refractivity contribution is -0.141. The molecule has 3 aromatic rings. The van der Waals surface area contributed by atoms with E-state index in [-0.39, 0.29) is 6.61 Å². The van der Waals surface area contributed by atoms with Gasteiger partial charge in [-0.3, -0.25) is 0 Å². The van der Waals surface area contributed by atoms with Crippen LogP contribution in [0.2, 0.25) is 0 Å². The fourth-order valence-corrected chi connectivity index (χ4v) is 3.44. The maximum atomic E-state index is 12.5. The lowest BCUT2D eigenvalue weighted by atomic mass is 10.0. The number of alkyl carbamates (subject to hydrolysis) is 1. The van der Waals surface area contributed by atoms with Gasteiger partial charge in [0.15, 0.2) is 6.04 Å². The molecule has 2 aromatic carbocycles. The molecule has 0 saturated heterocycles. The summed E-state index contributed by atoms with van der Waals surface area (Å²) in [5.41, 5.74) is 7.84. The standard InChI is InChI=1S/C24H29N5O4/c25-14-8-7-13-22(23(30)31)29-16-21(27-28-29)20(15-18-9-3-1-4-10-18)26-24(32)33-17-19-11-5-2-6-12-19/h1-6,9-12,16,20,22H,7-8,13-15,17,25H2,(H,26,32)(H,30,31)/t20-,22-/m0/s1. The molecule has 0 aliphatic heterocycles. The van der Waals surface area contributed by atoms with E-state index in [4.69, 9.17) is 10.5 Å². The lowest BCUT2D eigenvalue weighted by Gasteiger charge is -2.17. The van der Waals surface area contributed by atoms with Gasteiger partial charge in [-0.05, 0) is 43.4 Å². The number of rotatable bonds is 12. The van der Waals surface area contributed by atoms with Gasteiger partial charge in [-0.1, -0.05) is 65.9 Å². The van der Waals surface area contributed by atoms with Crippen molar-refractivity contribution in [2.45, 2.75) is 44.4 Å². The van der Waals surface area contributed by atoms with Gasteiger partial charge in [-0.2, -0.15) is 0 Å². The zero-order valence-electron chi connectivity index (χ0n) is 18.3. The molecular weight excluding hydrogens is 422 g/mol. The number of nitrogens with two attached hydrogens (primary N) is 1. The fraction of sp³-hybridized carbons (Fsp3) is 0.333. The van der Waals surface area contributed by atoms with Gasteiger partial charge in [0, 0.05) is 0 Å². The first-order chi connectivity index (χ1) is 16.1. The second-order valence-corrected chi connectivity index (χ2v) is 7.71. The van der Waals surface area contributed by atoms with Gasteiger partial charge in [-0.25, -0.2) is 14.3 Å². The molecule has 0 aliphatic carbocycles. The summed E-state index contributed by atoms with van der Waals surface area (Å²) in [5.74, 6) is -0.988. The molecule has 0 aliphatic rings. The van der Waals surface area contributed by atoms with Crippen molar-refractivity contribution in [1.82, 2.24) is 20.3 Å². The van der Waals surface area contributed by atoms with Gasteiger partial charge >= 0.3 is 12.1 Å². The van der Waals surface area contributed by atoms with Crippen LogP contribution in [-0.4, -0.2) is 38.7 Å². The third kappa shape index (κ3) is 7.43. The number of aromatic nitrogens is 3. The summed E-state index contributed by atoms with van der Waals surface area (Å²) in [6, 6.07) is 17.6. The Balaban J connectivity index is 1.73. The first-order valence-corrected chi connectivity index (χ1v) is 10.9. The summed E-state index contributed by atoms with van der Waals surface area (Å²) in [6.45, 7) is 0.642. The van der Waals surface area contributed by atoms with E-state index in [1.54, 1.807) is 6.20 Å². The Kier molecular flexibility index (Phi) is 8.96. The van der Waals surface area contributed by atoms with Crippen molar-refractivity contribution in [2.24, 2.45) is 5.73 Å². The number of aliphatic carboxylic acids is 1. The number of hydrogen-bond donors (Lipinski definition) is 3. The molecular formula is C24H29N5O4. The first-order valence-electron chi connectivity index (χ1n) is 10.9. The van der Waals surface area contributed by atoms with E-state index in [9.17, 15) is 14.7 Å². The van der Waals surface area contributed by atoms with Gasteiger partial charge in [0.1, 0.15) is 12.3 Å². The maximum absolute atomic E-state index is 12.5. The number of carboxylic acid groups (broad SMARTS) is 1. The Bertz CT molecular complexity index is 1010. The van der Waals surface area contributed by atoms with Crippen LogP contribution in [0.1, 0.15) is 48.2 Å². The molecule has 0 radical (unpaired) electrons. The van der Waals surface area contributed by atoms with Crippen molar-refractivity contribution in [1.29, 1.82) is 0 Å². The SMILES string of the molecule is NCCCC[C@@H](C(=O)O)n1cc([C@H](Cc2ccccc2)NC(=O)OCc2ccccc2)nn1. The van der Waals surface area contributed by atoms with E-state index in [0.717, 1.165) is 17.5 Å². The highest BCUT2D eigenvalue weighted by Gasteiger charge is 2.24. The number of carbonyl (C=O) groups excluding carboxylic acids is 1. The van der Waals surface area contributed by atoms with Crippen molar-refractivity contribution >= 4 is 12.1 Å². The molecule has 3 rings (SSSR count). The van der Waals surface area contributed by atoms with Crippen LogP contribution in [0.15, 0.2) is 66.9 Å². The summed E-state index contributed by atoms with van der Waals surface area (Å²) < 4.78 is 6.70. The molecule has 4 N–H and O–H groups in total. The van der Waals surface area contributed by atoms with Crippen molar-refractivity contribution in [3.63, 3.8) is 0 Å². The van der Waals surface area contributed by atoms with E-state index in [1.807, 2.05) is 60.7 Å². The van der Waals surface area contributed by atoms with Crippen molar-refractivity contribution in [3.8, 4) is 0 Å². The highest BCUT2D eigenvalue weighted by atomic mass is 16.5. The topological polar surface area (TPSA) is 132 Å². The smallest absolute Gasteiger partial charge is 0.408 e. The number of carboxylic acids is 1. The largest absolute Gasteiger partial charge is 0.480 e. The van der Waals surface area contributed by atoms with E-state index < -0.39 is 24.1 Å². The van der Waals surface area contributed by atoms with E-state index >= 15 is 0 Å².